The van der Waals surface area contributed by atoms with Crippen molar-refractivity contribution in [3.8, 4) is 5.75 Å². The fourth-order valence-electron chi connectivity index (χ4n) is 1.62. The predicted molar refractivity (Wildman–Crippen MR) is 80.3 cm³/mol. The van der Waals surface area contributed by atoms with E-state index in [1.807, 2.05) is 13.8 Å². The largest absolute Gasteiger partial charge is 0.493 e. The first-order valence-electron chi connectivity index (χ1n) is 6.16. The van der Waals surface area contributed by atoms with Crippen LogP contribution in [0.1, 0.15) is 37.0 Å². The van der Waals surface area contributed by atoms with Gasteiger partial charge >= 0.3 is 0 Å². The zero-order valence-corrected chi connectivity index (χ0v) is 12.1. The Kier molecular flexibility index (Phi) is 5.30. The van der Waals surface area contributed by atoms with Gasteiger partial charge in [0.2, 0.25) is 0 Å². The maximum absolute atomic E-state index is 11.2. The Labute approximate surface area is 119 Å². The molecule has 0 spiro atoms. The van der Waals surface area contributed by atoms with Crippen molar-refractivity contribution in [1.29, 1.82) is 0 Å². The normalized spacial score (nSPS) is 11.1. The first-order chi connectivity index (χ1) is 8.84. The van der Waals surface area contributed by atoms with E-state index in [2.05, 4.69) is 0 Å². The topological polar surface area (TPSA) is 78.3 Å². The lowest BCUT2D eigenvalue weighted by Crippen LogP contribution is -2.30. The van der Waals surface area contributed by atoms with Gasteiger partial charge in [0.15, 0.2) is 0 Å². The summed E-state index contributed by atoms with van der Waals surface area (Å²) >= 11 is 5.01. The summed E-state index contributed by atoms with van der Waals surface area (Å²) in [6, 6.07) is 6.94. The second-order valence-corrected chi connectivity index (χ2v) is 5.50. The molecule has 0 atom stereocenters. The molecule has 0 aliphatic rings. The highest BCUT2D eigenvalue weighted by atomic mass is 32.1. The van der Waals surface area contributed by atoms with Gasteiger partial charge in [-0.3, -0.25) is 4.79 Å². The molecule has 1 aromatic rings. The van der Waals surface area contributed by atoms with E-state index >= 15 is 0 Å². The zero-order chi connectivity index (χ0) is 14.5. The first kappa shape index (κ1) is 15.4. The Morgan fingerprint density at radius 3 is 2.53 bits per heavy atom. The van der Waals surface area contributed by atoms with E-state index in [1.165, 1.54) is 0 Å². The average Bonchev–Trinajstić information content (AvgIpc) is 2.34. The molecule has 0 aliphatic carbocycles. The summed E-state index contributed by atoms with van der Waals surface area (Å²) in [7, 11) is 0. The van der Waals surface area contributed by atoms with Crippen molar-refractivity contribution in [2.75, 3.05) is 6.61 Å². The molecule has 0 heterocycles. The molecule has 104 valence electrons. The fraction of sp³-hybridized carbons (Fsp3) is 0.429. The molecule has 0 unspecified atom stereocenters. The maximum atomic E-state index is 11.2. The molecule has 0 aromatic heterocycles. The van der Waals surface area contributed by atoms with Crippen LogP contribution in [-0.2, 0) is 0 Å². The van der Waals surface area contributed by atoms with Gasteiger partial charge < -0.3 is 16.2 Å². The molecular weight excluding hydrogens is 260 g/mol. The summed E-state index contributed by atoms with van der Waals surface area (Å²) < 4.78 is 5.59. The molecule has 4 N–H and O–H groups in total. The molecule has 19 heavy (non-hydrogen) atoms. The van der Waals surface area contributed by atoms with Crippen LogP contribution in [0.2, 0.25) is 0 Å². The van der Waals surface area contributed by atoms with Crippen LogP contribution in [0.5, 0.6) is 5.75 Å². The minimum Gasteiger partial charge on any atom is -0.493 e. The van der Waals surface area contributed by atoms with Crippen LogP contribution < -0.4 is 16.2 Å². The zero-order valence-electron chi connectivity index (χ0n) is 11.3. The number of rotatable bonds is 7. The Hall–Kier alpha value is -1.62. The van der Waals surface area contributed by atoms with Gasteiger partial charge in [-0.25, -0.2) is 0 Å². The number of carbonyl (C=O) groups excluding carboxylic acids is 1. The van der Waals surface area contributed by atoms with E-state index in [0.29, 0.717) is 22.9 Å². The number of hydrogen-bond acceptors (Lipinski definition) is 3. The maximum Gasteiger partial charge on any atom is 0.252 e. The van der Waals surface area contributed by atoms with E-state index in [9.17, 15) is 4.79 Å². The van der Waals surface area contributed by atoms with Crippen LogP contribution in [0.4, 0.5) is 0 Å². The molecule has 5 heteroatoms. The molecule has 0 saturated heterocycles. The third kappa shape index (κ3) is 4.52. The smallest absolute Gasteiger partial charge is 0.252 e. The number of nitrogens with two attached hydrogens (primary N) is 2. The van der Waals surface area contributed by atoms with Crippen molar-refractivity contribution in [3.05, 3.63) is 29.8 Å². The van der Waals surface area contributed by atoms with Crippen LogP contribution in [0.15, 0.2) is 24.3 Å². The lowest BCUT2D eigenvalue weighted by molar-refractivity contribution is 0.0996. The highest BCUT2D eigenvalue weighted by Gasteiger charge is 2.20. The predicted octanol–water partition coefficient (Wildman–Crippen LogP) is 2.26. The second kappa shape index (κ2) is 6.52. The Morgan fingerprint density at radius 2 is 1.95 bits per heavy atom. The number of hydrogen-bond donors (Lipinski definition) is 2. The molecule has 1 rings (SSSR count). The van der Waals surface area contributed by atoms with E-state index in [1.54, 1.807) is 24.3 Å². The van der Waals surface area contributed by atoms with E-state index in [4.69, 9.17) is 28.4 Å². The fourth-order valence-corrected chi connectivity index (χ4v) is 1.72. The number of thiocarbonyl (C=S) groups is 1. The van der Waals surface area contributed by atoms with E-state index in [0.717, 1.165) is 12.8 Å². The van der Waals surface area contributed by atoms with Crippen LogP contribution in [0, 0.1) is 5.41 Å². The van der Waals surface area contributed by atoms with E-state index < -0.39 is 5.91 Å². The van der Waals surface area contributed by atoms with Crippen LogP contribution in [-0.4, -0.2) is 17.5 Å². The van der Waals surface area contributed by atoms with Crippen LogP contribution >= 0.6 is 12.2 Å². The second-order valence-electron chi connectivity index (χ2n) is 5.06. The molecular formula is C14H20N2O2S. The molecule has 0 radical (unpaired) electrons. The minimum absolute atomic E-state index is 0.179. The number of primary amides is 1. The quantitative estimate of drug-likeness (QED) is 0.593. The molecule has 0 bridgehead atoms. The standard InChI is InChI=1S/C14H20N2O2S/c1-14(2,13(16)19)8-5-9-18-11-7-4-3-6-10(11)12(15)17/h3-4,6-7H,5,8-9H2,1-2H3,(H2,15,17)(H2,16,19). The van der Waals surface area contributed by atoms with Gasteiger partial charge in [-0.05, 0) is 25.0 Å². The van der Waals surface area contributed by atoms with Crippen molar-refractivity contribution < 1.29 is 9.53 Å². The highest BCUT2D eigenvalue weighted by Crippen LogP contribution is 2.23. The number of para-hydroxylation sites is 1. The van der Waals surface area contributed by atoms with Gasteiger partial charge in [0.1, 0.15) is 5.75 Å². The Balaban J connectivity index is 2.51. The monoisotopic (exact) mass is 280 g/mol. The molecule has 1 aromatic carbocycles. The summed E-state index contributed by atoms with van der Waals surface area (Å²) in [5.41, 5.74) is 11.2. The molecule has 4 nitrogen and oxygen atoms in total. The van der Waals surface area contributed by atoms with Gasteiger partial charge in [0.05, 0.1) is 17.2 Å². The van der Waals surface area contributed by atoms with Gasteiger partial charge in [0.25, 0.3) is 5.91 Å². The van der Waals surface area contributed by atoms with Gasteiger partial charge in [-0.1, -0.05) is 38.2 Å². The third-order valence-electron chi connectivity index (χ3n) is 3.02. The Bertz CT molecular complexity index is 472. The number of amides is 1. The number of ether oxygens (including phenoxy) is 1. The Morgan fingerprint density at radius 1 is 1.32 bits per heavy atom. The minimum atomic E-state index is -0.487. The molecule has 0 fully saturated rings. The van der Waals surface area contributed by atoms with Crippen molar-refractivity contribution in [2.24, 2.45) is 16.9 Å². The van der Waals surface area contributed by atoms with Crippen molar-refractivity contribution in [3.63, 3.8) is 0 Å². The van der Waals surface area contributed by atoms with Gasteiger partial charge in [-0.15, -0.1) is 0 Å². The van der Waals surface area contributed by atoms with E-state index in [-0.39, 0.29) is 5.41 Å². The highest BCUT2D eigenvalue weighted by molar-refractivity contribution is 7.80. The lowest BCUT2D eigenvalue weighted by atomic mass is 9.88. The molecule has 1 amide bonds. The lowest BCUT2D eigenvalue weighted by Gasteiger charge is -2.22. The molecule has 0 saturated carbocycles. The van der Waals surface area contributed by atoms with Crippen LogP contribution in [0.3, 0.4) is 0 Å². The third-order valence-corrected chi connectivity index (χ3v) is 3.58. The van der Waals surface area contributed by atoms with Gasteiger partial charge in [-0.2, -0.15) is 0 Å². The SMILES string of the molecule is CC(C)(CCCOc1ccccc1C(N)=O)C(N)=S. The van der Waals surface area contributed by atoms with Crippen molar-refractivity contribution in [2.45, 2.75) is 26.7 Å². The summed E-state index contributed by atoms with van der Waals surface area (Å²) in [4.78, 5) is 11.7. The average molecular weight is 280 g/mol. The number of carbonyl (C=O) groups is 1. The van der Waals surface area contributed by atoms with Crippen molar-refractivity contribution in [1.82, 2.24) is 0 Å². The summed E-state index contributed by atoms with van der Waals surface area (Å²) in [5.74, 6) is 0.0298. The number of benzene rings is 1. The molecule has 0 aliphatic heterocycles. The first-order valence-corrected chi connectivity index (χ1v) is 6.57. The summed E-state index contributed by atoms with van der Waals surface area (Å²) in [6.07, 6.45) is 1.64. The van der Waals surface area contributed by atoms with Crippen LogP contribution in [0.25, 0.3) is 0 Å². The van der Waals surface area contributed by atoms with Gasteiger partial charge in [0, 0.05) is 5.41 Å². The van der Waals surface area contributed by atoms with Crippen molar-refractivity contribution >= 4 is 23.1 Å². The summed E-state index contributed by atoms with van der Waals surface area (Å²) in [6.45, 7) is 4.51. The summed E-state index contributed by atoms with van der Waals surface area (Å²) in [5, 5.41) is 0.